The van der Waals surface area contributed by atoms with Crippen molar-refractivity contribution in [3.63, 3.8) is 0 Å². The van der Waals surface area contributed by atoms with Gasteiger partial charge >= 0.3 is 5.69 Å². The van der Waals surface area contributed by atoms with Gasteiger partial charge in [0.15, 0.2) is 0 Å². The van der Waals surface area contributed by atoms with Gasteiger partial charge in [-0.25, -0.2) is 4.79 Å². The molecule has 0 saturated heterocycles. The number of hydrogen-bond acceptors (Lipinski definition) is 3. The predicted octanol–water partition coefficient (Wildman–Crippen LogP) is 4.02. The number of rotatable bonds is 5. The van der Waals surface area contributed by atoms with Crippen LogP contribution < -0.4 is 10.4 Å². The highest BCUT2D eigenvalue weighted by atomic mass is 16.5. The SMILES string of the molecule is CCCCOc1nc(=O)n(C2CCCCCCC2)cc1C. The molecular formula is C17H28N2O2. The van der Waals surface area contributed by atoms with Crippen molar-refractivity contribution in [3.8, 4) is 5.88 Å². The largest absolute Gasteiger partial charge is 0.477 e. The Labute approximate surface area is 127 Å². The lowest BCUT2D eigenvalue weighted by Crippen LogP contribution is -2.28. The van der Waals surface area contributed by atoms with E-state index in [-0.39, 0.29) is 5.69 Å². The molecule has 0 bridgehead atoms. The minimum absolute atomic E-state index is 0.155. The second-order valence-electron chi connectivity index (χ2n) is 6.12. The second-order valence-corrected chi connectivity index (χ2v) is 6.12. The molecule has 1 saturated carbocycles. The topological polar surface area (TPSA) is 44.1 Å². The summed E-state index contributed by atoms with van der Waals surface area (Å²) in [4.78, 5) is 16.5. The molecule has 0 aromatic carbocycles. The van der Waals surface area contributed by atoms with E-state index in [0.29, 0.717) is 18.5 Å². The lowest BCUT2D eigenvalue weighted by atomic mass is 9.96. The summed E-state index contributed by atoms with van der Waals surface area (Å²) in [5.74, 6) is 0.510. The van der Waals surface area contributed by atoms with Crippen LogP contribution in [-0.4, -0.2) is 16.2 Å². The molecule has 4 nitrogen and oxygen atoms in total. The molecule has 1 fully saturated rings. The first-order valence-corrected chi connectivity index (χ1v) is 8.45. The van der Waals surface area contributed by atoms with Crippen molar-refractivity contribution >= 4 is 0 Å². The van der Waals surface area contributed by atoms with Crippen LogP contribution in [0.15, 0.2) is 11.0 Å². The molecule has 0 unspecified atom stereocenters. The highest BCUT2D eigenvalue weighted by molar-refractivity contribution is 5.20. The van der Waals surface area contributed by atoms with Gasteiger partial charge in [0.05, 0.1) is 6.61 Å². The van der Waals surface area contributed by atoms with E-state index in [2.05, 4.69) is 11.9 Å². The van der Waals surface area contributed by atoms with Crippen LogP contribution in [0.3, 0.4) is 0 Å². The zero-order valence-corrected chi connectivity index (χ0v) is 13.4. The lowest BCUT2D eigenvalue weighted by Gasteiger charge is -2.22. The first-order chi connectivity index (χ1) is 10.2. The highest BCUT2D eigenvalue weighted by Gasteiger charge is 2.16. The molecule has 21 heavy (non-hydrogen) atoms. The summed E-state index contributed by atoms with van der Waals surface area (Å²) >= 11 is 0. The third kappa shape index (κ3) is 4.58. The van der Waals surface area contributed by atoms with Crippen LogP contribution in [-0.2, 0) is 0 Å². The lowest BCUT2D eigenvalue weighted by molar-refractivity contribution is 0.288. The summed E-state index contributed by atoms with van der Waals surface area (Å²) in [6, 6.07) is 0.314. The van der Waals surface area contributed by atoms with Gasteiger partial charge in [-0.1, -0.05) is 45.4 Å². The molecule has 1 aromatic heterocycles. The number of nitrogens with zero attached hydrogens (tertiary/aromatic N) is 2. The standard InChI is InChI=1S/C17H28N2O2/c1-3-4-12-21-16-14(2)13-19(17(20)18-16)15-10-8-6-5-7-9-11-15/h13,15H,3-12H2,1-2H3. The summed E-state index contributed by atoms with van der Waals surface area (Å²) in [6.45, 7) is 4.74. The van der Waals surface area contributed by atoms with Crippen LogP contribution in [0.2, 0.25) is 0 Å². The molecule has 0 N–H and O–H groups in total. The summed E-state index contributed by atoms with van der Waals surface area (Å²) in [7, 11) is 0. The summed E-state index contributed by atoms with van der Waals surface area (Å²) in [5.41, 5.74) is 0.811. The third-order valence-corrected chi connectivity index (χ3v) is 4.29. The van der Waals surface area contributed by atoms with E-state index in [1.807, 2.05) is 17.7 Å². The normalized spacial score (nSPS) is 17.2. The number of unbranched alkanes of at least 4 members (excludes halogenated alkanes) is 1. The van der Waals surface area contributed by atoms with Gasteiger partial charge in [0.25, 0.3) is 0 Å². The molecule has 2 rings (SSSR count). The van der Waals surface area contributed by atoms with Crippen LogP contribution in [0, 0.1) is 6.92 Å². The van der Waals surface area contributed by atoms with Crippen LogP contribution in [0.1, 0.15) is 76.3 Å². The Hall–Kier alpha value is -1.32. The van der Waals surface area contributed by atoms with E-state index < -0.39 is 0 Å². The zero-order valence-electron chi connectivity index (χ0n) is 13.4. The predicted molar refractivity (Wildman–Crippen MR) is 85.0 cm³/mol. The van der Waals surface area contributed by atoms with E-state index >= 15 is 0 Å². The van der Waals surface area contributed by atoms with Crippen molar-refractivity contribution in [2.45, 2.75) is 77.7 Å². The number of ether oxygens (including phenoxy) is 1. The second kappa shape index (κ2) is 8.20. The average molecular weight is 292 g/mol. The van der Waals surface area contributed by atoms with Crippen molar-refractivity contribution in [3.05, 3.63) is 22.2 Å². The molecule has 0 radical (unpaired) electrons. The highest BCUT2D eigenvalue weighted by Crippen LogP contribution is 2.26. The zero-order chi connectivity index (χ0) is 15.1. The van der Waals surface area contributed by atoms with E-state index in [4.69, 9.17) is 4.74 Å². The van der Waals surface area contributed by atoms with E-state index in [1.54, 1.807) is 0 Å². The van der Waals surface area contributed by atoms with Gasteiger partial charge in [0, 0.05) is 17.8 Å². The van der Waals surface area contributed by atoms with E-state index in [0.717, 1.165) is 31.2 Å². The fraction of sp³-hybridized carbons (Fsp3) is 0.765. The Morgan fingerprint density at radius 1 is 1.24 bits per heavy atom. The first-order valence-electron chi connectivity index (χ1n) is 8.45. The molecule has 1 heterocycles. The average Bonchev–Trinajstić information content (AvgIpc) is 2.43. The van der Waals surface area contributed by atoms with Crippen LogP contribution in [0.5, 0.6) is 5.88 Å². The molecule has 0 amide bonds. The molecule has 0 aliphatic heterocycles. The van der Waals surface area contributed by atoms with Crippen molar-refractivity contribution < 1.29 is 4.74 Å². The molecular weight excluding hydrogens is 264 g/mol. The van der Waals surface area contributed by atoms with E-state index in [1.165, 1.54) is 32.1 Å². The molecule has 0 atom stereocenters. The minimum atomic E-state index is -0.155. The Kier molecular flexibility index (Phi) is 6.27. The van der Waals surface area contributed by atoms with Gasteiger partial charge in [-0.2, -0.15) is 4.98 Å². The van der Waals surface area contributed by atoms with Crippen molar-refractivity contribution in [1.29, 1.82) is 0 Å². The van der Waals surface area contributed by atoms with Crippen LogP contribution in [0.4, 0.5) is 0 Å². The van der Waals surface area contributed by atoms with Gasteiger partial charge in [-0.05, 0) is 26.2 Å². The maximum atomic E-state index is 12.3. The Balaban J connectivity index is 2.12. The molecule has 1 aliphatic carbocycles. The summed E-state index contributed by atoms with van der Waals surface area (Å²) in [6.07, 6.45) is 12.5. The van der Waals surface area contributed by atoms with Crippen LogP contribution in [0.25, 0.3) is 0 Å². The fourth-order valence-electron chi connectivity index (χ4n) is 2.99. The molecule has 1 aromatic rings. The monoisotopic (exact) mass is 292 g/mol. The molecule has 1 aliphatic rings. The van der Waals surface area contributed by atoms with Gasteiger partial charge in [0.1, 0.15) is 0 Å². The Bertz CT molecular complexity index is 488. The number of aromatic nitrogens is 2. The third-order valence-electron chi connectivity index (χ3n) is 4.29. The summed E-state index contributed by atoms with van der Waals surface area (Å²) in [5, 5.41) is 0. The summed E-state index contributed by atoms with van der Waals surface area (Å²) < 4.78 is 7.46. The Morgan fingerprint density at radius 3 is 2.57 bits per heavy atom. The minimum Gasteiger partial charge on any atom is -0.477 e. The molecule has 118 valence electrons. The maximum absolute atomic E-state index is 12.3. The Morgan fingerprint density at radius 2 is 1.90 bits per heavy atom. The maximum Gasteiger partial charge on any atom is 0.351 e. The van der Waals surface area contributed by atoms with Gasteiger partial charge < -0.3 is 4.74 Å². The smallest absolute Gasteiger partial charge is 0.351 e. The quantitative estimate of drug-likeness (QED) is 0.770. The number of hydrogen-bond donors (Lipinski definition) is 0. The molecule has 0 spiro atoms. The first kappa shape index (κ1) is 16.1. The van der Waals surface area contributed by atoms with Gasteiger partial charge in [-0.15, -0.1) is 0 Å². The van der Waals surface area contributed by atoms with Crippen molar-refractivity contribution in [2.75, 3.05) is 6.61 Å². The van der Waals surface area contributed by atoms with E-state index in [9.17, 15) is 4.79 Å². The number of aryl methyl sites for hydroxylation is 1. The van der Waals surface area contributed by atoms with Crippen molar-refractivity contribution in [2.24, 2.45) is 0 Å². The fourth-order valence-corrected chi connectivity index (χ4v) is 2.99. The molecule has 4 heteroatoms. The van der Waals surface area contributed by atoms with Gasteiger partial charge in [0.2, 0.25) is 5.88 Å². The van der Waals surface area contributed by atoms with Crippen molar-refractivity contribution in [1.82, 2.24) is 9.55 Å². The van der Waals surface area contributed by atoms with Crippen LogP contribution >= 0.6 is 0 Å². The van der Waals surface area contributed by atoms with Gasteiger partial charge in [-0.3, -0.25) is 4.57 Å².